The summed E-state index contributed by atoms with van der Waals surface area (Å²) >= 11 is 5.45. The molecule has 0 unspecified atom stereocenters. The number of ether oxygens (including phenoxy) is 1. The van der Waals surface area contributed by atoms with Gasteiger partial charge in [-0.2, -0.15) is 0 Å². The Hall–Kier alpha value is -2.93. The van der Waals surface area contributed by atoms with Crippen LogP contribution in [0.1, 0.15) is 42.1 Å². The molecule has 2 aromatic carbocycles. The number of rotatable bonds is 11. The van der Waals surface area contributed by atoms with Crippen molar-refractivity contribution in [2.24, 2.45) is 5.73 Å². The van der Waals surface area contributed by atoms with Crippen molar-refractivity contribution in [3.63, 3.8) is 0 Å². The van der Waals surface area contributed by atoms with Gasteiger partial charge in [0, 0.05) is 25.1 Å². The highest BCUT2D eigenvalue weighted by Crippen LogP contribution is 2.14. The molecule has 2 aromatic rings. The highest BCUT2D eigenvalue weighted by Gasteiger charge is 2.15. The van der Waals surface area contributed by atoms with E-state index in [4.69, 9.17) is 22.7 Å². The average molecular weight is 428 g/mol. The van der Waals surface area contributed by atoms with Crippen LogP contribution in [-0.2, 0) is 11.2 Å². The molecule has 0 aliphatic rings. The molecular formula is C23H29N3O3S. The molecule has 160 valence electrons. The zero-order valence-electron chi connectivity index (χ0n) is 17.3. The van der Waals surface area contributed by atoms with Gasteiger partial charge in [-0.1, -0.05) is 49.7 Å². The van der Waals surface area contributed by atoms with Crippen LogP contribution in [0.15, 0.2) is 54.6 Å². The zero-order valence-corrected chi connectivity index (χ0v) is 18.1. The van der Waals surface area contributed by atoms with Crippen molar-refractivity contribution in [2.45, 2.75) is 32.6 Å². The molecule has 0 saturated carbocycles. The van der Waals surface area contributed by atoms with E-state index >= 15 is 0 Å². The topological polar surface area (TPSA) is 84.7 Å². The normalized spacial score (nSPS) is 10.3. The van der Waals surface area contributed by atoms with Crippen molar-refractivity contribution >= 4 is 29.1 Å². The van der Waals surface area contributed by atoms with Crippen LogP contribution in [0.2, 0.25) is 0 Å². The van der Waals surface area contributed by atoms with Crippen molar-refractivity contribution in [1.29, 1.82) is 0 Å². The van der Waals surface area contributed by atoms with E-state index in [1.165, 1.54) is 0 Å². The van der Waals surface area contributed by atoms with Crippen LogP contribution in [0.5, 0.6) is 5.75 Å². The summed E-state index contributed by atoms with van der Waals surface area (Å²) in [6, 6.07) is 17.0. The van der Waals surface area contributed by atoms with Crippen molar-refractivity contribution in [3.05, 3.63) is 65.7 Å². The van der Waals surface area contributed by atoms with Gasteiger partial charge in [-0.25, -0.2) is 0 Å². The molecule has 0 aromatic heterocycles. The summed E-state index contributed by atoms with van der Waals surface area (Å²) in [5.74, 6) is -0.0767. The molecular weight excluding hydrogens is 398 g/mol. The third kappa shape index (κ3) is 8.21. The van der Waals surface area contributed by atoms with Gasteiger partial charge in [0.25, 0.3) is 5.91 Å². The quantitative estimate of drug-likeness (QED) is 0.425. The van der Waals surface area contributed by atoms with Crippen LogP contribution in [0, 0.1) is 0 Å². The highest BCUT2D eigenvalue weighted by atomic mass is 32.1. The van der Waals surface area contributed by atoms with E-state index < -0.39 is 5.91 Å². The molecule has 0 fully saturated rings. The number of primary amides is 1. The monoisotopic (exact) mass is 427 g/mol. The molecule has 7 heteroatoms. The molecule has 0 atom stereocenters. The Labute approximate surface area is 183 Å². The van der Waals surface area contributed by atoms with Gasteiger partial charge >= 0.3 is 0 Å². The Balaban J connectivity index is 1.99. The van der Waals surface area contributed by atoms with Crippen LogP contribution < -0.4 is 15.8 Å². The first-order valence-corrected chi connectivity index (χ1v) is 10.6. The van der Waals surface area contributed by atoms with Crippen LogP contribution in [0.4, 0.5) is 0 Å². The van der Waals surface area contributed by atoms with E-state index in [9.17, 15) is 9.59 Å². The second-order valence-corrected chi connectivity index (χ2v) is 7.31. The van der Waals surface area contributed by atoms with E-state index in [0.717, 1.165) is 24.8 Å². The van der Waals surface area contributed by atoms with Crippen LogP contribution in [-0.4, -0.2) is 41.5 Å². The first-order valence-electron chi connectivity index (χ1n) is 10.1. The van der Waals surface area contributed by atoms with E-state index in [1.807, 2.05) is 36.4 Å². The minimum atomic E-state index is -0.411. The van der Waals surface area contributed by atoms with E-state index in [0.29, 0.717) is 31.0 Å². The third-order valence-corrected chi connectivity index (χ3v) is 4.87. The Morgan fingerprint density at radius 1 is 1.10 bits per heavy atom. The number of carbonyl (C=O) groups excluding carboxylic acids is 2. The molecule has 0 spiro atoms. The van der Waals surface area contributed by atoms with Crippen LogP contribution >= 0.6 is 12.2 Å². The summed E-state index contributed by atoms with van der Waals surface area (Å²) in [4.78, 5) is 25.7. The number of benzene rings is 2. The fourth-order valence-electron chi connectivity index (χ4n) is 2.78. The number of hydrogen-bond acceptors (Lipinski definition) is 4. The Bertz CT molecular complexity index is 843. The number of carbonyl (C=O) groups is 2. The maximum atomic E-state index is 12.7. The van der Waals surface area contributed by atoms with Gasteiger partial charge in [0.2, 0.25) is 5.91 Å². The number of nitrogens with two attached hydrogens (primary N) is 1. The van der Waals surface area contributed by atoms with Crippen molar-refractivity contribution in [1.82, 2.24) is 10.2 Å². The number of thiocarbonyl (C=S) groups is 1. The molecule has 2 rings (SSSR count). The summed E-state index contributed by atoms with van der Waals surface area (Å²) in [6.45, 7) is 3.62. The van der Waals surface area contributed by atoms with E-state index in [1.54, 1.807) is 23.1 Å². The molecule has 0 saturated heterocycles. The summed E-state index contributed by atoms with van der Waals surface area (Å²) in [5.41, 5.74) is 6.91. The summed E-state index contributed by atoms with van der Waals surface area (Å²) in [6.07, 6.45) is 2.89. The minimum absolute atomic E-state index is 0.158. The van der Waals surface area contributed by atoms with Crippen LogP contribution in [0.3, 0.4) is 0 Å². The van der Waals surface area contributed by atoms with Crippen molar-refractivity contribution in [3.8, 4) is 5.75 Å². The largest absolute Gasteiger partial charge is 0.494 e. The summed E-state index contributed by atoms with van der Waals surface area (Å²) in [7, 11) is 0. The van der Waals surface area contributed by atoms with Gasteiger partial charge < -0.3 is 15.4 Å². The molecule has 2 amide bonds. The standard InChI is InChI=1S/C23H29N3O3S/c1-2-3-16-29-20-11-7-10-19(17-20)22(28)25-23(30)26(15-13-21(24)27)14-12-18-8-5-4-6-9-18/h4-11,17H,2-3,12-16H2,1H3,(H2,24,27)(H,25,28,30). The Morgan fingerprint density at radius 3 is 2.57 bits per heavy atom. The number of nitrogens with one attached hydrogen (secondary N) is 1. The maximum absolute atomic E-state index is 12.7. The molecule has 0 aliphatic carbocycles. The lowest BCUT2D eigenvalue weighted by molar-refractivity contribution is -0.118. The predicted octanol–water partition coefficient (Wildman–Crippen LogP) is 3.30. The Morgan fingerprint density at radius 2 is 1.87 bits per heavy atom. The fraction of sp³-hybridized carbons (Fsp3) is 0.348. The van der Waals surface area contributed by atoms with Gasteiger partial charge in [0.05, 0.1) is 6.61 Å². The molecule has 0 radical (unpaired) electrons. The maximum Gasteiger partial charge on any atom is 0.257 e. The van der Waals surface area contributed by atoms with Gasteiger partial charge in [0.15, 0.2) is 5.11 Å². The minimum Gasteiger partial charge on any atom is -0.494 e. The lowest BCUT2D eigenvalue weighted by atomic mass is 10.1. The zero-order chi connectivity index (χ0) is 21.8. The Kier molecular flexibility index (Phi) is 9.80. The first kappa shape index (κ1) is 23.3. The smallest absolute Gasteiger partial charge is 0.257 e. The lowest BCUT2D eigenvalue weighted by Crippen LogP contribution is -2.44. The summed E-state index contributed by atoms with van der Waals surface area (Å²) in [5, 5.41) is 3.03. The summed E-state index contributed by atoms with van der Waals surface area (Å²) < 4.78 is 5.67. The highest BCUT2D eigenvalue weighted by molar-refractivity contribution is 7.80. The second kappa shape index (κ2) is 12.6. The van der Waals surface area contributed by atoms with Gasteiger partial charge in [-0.15, -0.1) is 0 Å². The number of unbranched alkanes of at least 4 members (excludes halogenated alkanes) is 1. The average Bonchev–Trinajstić information content (AvgIpc) is 2.74. The number of amides is 2. The van der Waals surface area contributed by atoms with Crippen molar-refractivity contribution < 1.29 is 14.3 Å². The number of hydrogen-bond donors (Lipinski definition) is 2. The molecule has 0 heterocycles. The van der Waals surface area contributed by atoms with E-state index in [-0.39, 0.29) is 17.4 Å². The third-order valence-electron chi connectivity index (χ3n) is 4.51. The predicted molar refractivity (Wildman–Crippen MR) is 122 cm³/mol. The fourth-order valence-corrected chi connectivity index (χ4v) is 3.05. The molecule has 30 heavy (non-hydrogen) atoms. The van der Waals surface area contributed by atoms with Crippen LogP contribution in [0.25, 0.3) is 0 Å². The van der Waals surface area contributed by atoms with Crippen molar-refractivity contribution in [2.75, 3.05) is 19.7 Å². The first-order chi connectivity index (χ1) is 14.5. The number of nitrogens with zero attached hydrogens (tertiary/aromatic N) is 1. The molecule has 6 nitrogen and oxygen atoms in total. The van der Waals surface area contributed by atoms with Gasteiger partial charge in [-0.05, 0) is 48.8 Å². The van der Waals surface area contributed by atoms with Gasteiger partial charge in [-0.3, -0.25) is 14.9 Å². The SMILES string of the molecule is CCCCOc1cccc(C(=O)NC(=S)N(CCC(N)=O)CCc2ccccc2)c1. The van der Waals surface area contributed by atoms with E-state index in [2.05, 4.69) is 12.2 Å². The van der Waals surface area contributed by atoms with Gasteiger partial charge in [0.1, 0.15) is 5.75 Å². The molecule has 0 bridgehead atoms. The second-order valence-electron chi connectivity index (χ2n) is 6.93. The lowest BCUT2D eigenvalue weighted by Gasteiger charge is -2.25. The molecule has 0 aliphatic heterocycles. The molecule has 3 N–H and O–H groups in total.